The minimum atomic E-state index is -0.757. The highest BCUT2D eigenvalue weighted by Crippen LogP contribution is 2.20. The van der Waals surface area contributed by atoms with E-state index in [0.29, 0.717) is 24.9 Å². The third-order valence-electron chi connectivity index (χ3n) is 5.64. The van der Waals surface area contributed by atoms with Crippen molar-refractivity contribution in [1.29, 1.82) is 0 Å². The van der Waals surface area contributed by atoms with Gasteiger partial charge in [-0.15, -0.1) is 0 Å². The molecule has 0 bridgehead atoms. The summed E-state index contributed by atoms with van der Waals surface area (Å²) in [6.07, 6.45) is 1.59. The quantitative estimate of drug-likeness (QED) is 0.610. The number of nitrogens with zero attached hydrogens (tertiary/aromatic N) is 1. The van der Waals surface area contributed by atoms with Gasteiger partial charge in [0.05, 0.1) is 13.2 Å². The fraction of sp³-hybridized carbons (Fsp3) is 0.360. The van der Waals surface area contributed by atoms with E-state index in [2.05, 4.69) is 5.32 Å². The number of amides is 2. The number of esters is 1. The van der Waals surface area contributed by atoms with Crippen LogP contribution in [0.3, 0.4) is 0 Å². The van der Waals surface area contributed by atoms with Gasteiger partial charge in [-0.1, -0.05) is 48.5 Å². The minimum absolute atomic E-state index is 0.0151. The first-order valence-corrected chi connectivity index (χ1v) is 10.8. The van der Waals surface area contributed by atoms with E-state index in [9.17, 15) is 19.2 Å². The first kappa shape index (κ1) is 23.2. The van der Waals surface area contributed by atoms with Crippen molar-refractivity contribution < 1.29 is 23.9 Å². The molecule has 1 heterocycles. The summed E-state index contributed by atoms with van der Waals surface area (Å²) in [5, 5.41) is 2.82. The van der Waals surface area contributed by atoms with Gasteiger partial charge in [0.15, 0.2) is 5.78 Å². The lowest BCUT2D eigenvalue weighted by Gasteiger charge is -2.23. The summed E-state index contributed by atoms with van der Waals surface area (Å²) in [6.45, 7) is 0.477. The Hall–Kier alpha value is -3.48. The van der Waals surface area contributed by atoms with Crippen LogP contribution in [0.5, 0.6) is 0 Å². The van der Waals surface area contributed by atoms with Crippen molar-refractivity contribution in [1.82, 2.24) is 10.2 Å². The SMILES string of the molecule is COC(=O)[C@@H]1CCCN1C(=O)CCC(=O)C(Cc1ccccc1)NC(=O)c1ccccc1. The number of benzene rings is 2. The number of carbonyl (C=O) groups excluding carboxylic acids is 4. The van der Waals surface area contributed by atoms with Gasteiger partial charge in [0.25, 0.3) is 5.91 Å². The molecular formula is C25H28N2O5. The van der Waals surface area contributed by atoms with Gasteiger partial charge in [-0.25, -0.2) is 4.79 Å². The van der Waals surface area contributed by atoms with Gasteiger partial charge < -0.3 is 15.0 Å². The van der Waals surface area contributed by atoms with Crippen molar-refractivity contribution in [3.05, 3.63) is 71.8 Å². The number of methoxy groups -OCH3 is 1. The molecule has 1 aliphatic heterocycles. The van der Waals surface area contributed by atoms with Crippen LogP contribution in [0, 0.1) is 0 Å². The number of nitrogens with one attached hydrogen (secondary N) is 1. The number of hydrogen-bond acceptors (Lipinski definition) is 5. The lowest BCUT2D eigenvalue weighted by Crippen LogP contribution is -2.44. The van der Waals surface area contributed by atoms with Crippen molar-refractivity contribution in [3.8, 4) is 0 Å². The van der Waals surface area contributed by atoms with Crippen LogP contribution in [0.4, 0.5) is 0 Å². The third kappa shape index (κ3) is 6.03. The molecular weight excluding hydrogens is 408 g/mol. The number of Topliss-reactive ketones (excluding diaryl/α,β-unsaturated/α-hetero) is 1. The van der Waals surface area contributed by atoms with E-state index in [1.807, 2.05) is 36.4 Å². The largest absolute Gasteiger partial charge is 0.467 e. The van der Waals surface area contributed by atoms with Gasteiger partial charge in [0.2, 0.25) is 5.91 Å². The van der Waals surface area contributed by atoms with Crippen LogP contribution in [0.1, 0.15) is 41.6 Å². The maximum atomic E-state index is 13.0. The van der Waals surface area contributed by atoms with Gasteiger partial charge in [-0.2, -0.15) is 0 Å². The van der Waals surface area contributed by atoms with E-state index < -0.39 is 18.1 Å². The highest BCUT2D eigenvalue weighted by atomic mass is 16.5. The molecule has 1 N–H and O–H groups in total. The Morgan fingerprint density at radius 1 is 1.00 bits per heavy atom. The molecule has 2 atom stereocenters. The predicted molar refractivity (Wildman–Crippen MR) is 119 cm³/mol. The van der Waals surface area contributed by atoms with E-state index in [1.54, 1.807) is 24.3 Å². The molecule has 0 aliphatic carbocycles. The predicted octanol–water partition coefficient (Wildman–Crippen LogP) is 2.54. The number of likely N-dealkylation sites (tertiary alicyclic amines) is 1. The van der Waals surface area contributed by atoms with E-state index in [-0.39, 0.29) is 30.4 Å². The van der Waals surface area contributed by atoms with Crippen molar-refractivity contribution in [2.75, 3.05) is 13.7 Å². The summed E-state index contributed by atoms with van der Waals surface area (Å²) in [4.78, 5) is 51.8. The van der Waals surface area contributed by atoms with Crippen molar-refractivity contribution in [3.63, 3.8) is 0 Å². The Bertz CT molecular complexity index is 945. The monoisotopic (exact) mass is 436 g/mol. The average Bonchev–Trinajstić information content (AvgIpc) is 3.32. The highest BCUT2D eigenvalue weighted by Gasteiger charge is 2.35. The Morgan fingerprint density at radius 2 is 1.66 bits per heavy atom. The summed E-state index contributed by atoms with van der Waals surface area (Å²) < 4.78 is 4.78. The normalized spacial score (nSPS) is 16.3. The second-order valence-corrected chi connectivity index (χ2v) is 7.82. The minimum Gasteiger partial charge on any atom is -0.467 e. The Balaban J connectivity index is 1.65. The van der Waals surface area contributed by atoms with E-state index in [4.69, 9.17) is 4.74 Å². The topological polar surface area (TPSA) is 92.8 Å². The van der Waals surface area contributed by atoms with Crippen LogP contribution in [-0.4, -0.2) is 54.2 Å². The van der Waals surface area contributed by atoms with Crippen molar-refractivity contribution in [2.45, 2.75) is 44.2 Å². The van der Waals surface area contributed by atoms with Gasteiger partial charge in [-0.05, 0) is 37.0 Å². The Labute approximate surface area is 187 Å². The summed E-state index contributed by atoms with van der Waals surface area (Å²) in [5.41, 5.74) is 1.38. The molecule has 2 aromatic carbocycles. The fourth-order valence-electron chi connectivity index (χ4n) is 3.92. The molecule has 2 amide bonds. The molecule has 168 valence electrons. The lowest BCUT2D eigenvalue weighted by atomic mass is 9.98. The van der Waals surface area contributed by atoms with Crippen LogP contribution >= 0.6 is 0 Å². The Kier molecular flexibility index (Phi) is 8.14. The summed E-state index contributed by atoms with van der Waals surface area (Å²) in [7, 11) is 1.30. The molecule has 0 spiro atoms. The summed E-state index contributed by atoms with van der Waals surface area (Å²) >= 11 is 0. The second kappa shape index (κ2) is 11.2. The third-order valence-corrected chi connectivity index (χ3v) is 5.64. The molecule has 1 aliphatic rings. The Morgan fingerprint density at radius 3 is 2.31 bits per heavy atom. The number of ketones is 1. The van der Waals surface area contributed by atoms with E-state index >= 15 is 0 Å². The number of rotatable bonds is 9. The molecule has 1 fully saturated rings. The van der Waals surface area contributed by atoms with E-state index in [0.717, 1.165) is 12.0 Å². The molecule has 0 aromatic heterocycles. The fourth-order valence-corrected chi connectivity index (χ4v) is 3.92. The van der Waals surface area contributed by atoms with Crippen molar-refractivity contribution >= 4 is 23.6 Å². The zero-order valence-electron chi connectivity index (χ0n) is 18.2. The molecule has 32 heavy (non-hydrogen) atoms. The van der Waals surface area contributed by atoms with Gasteiger partial charge >= 0.3 is 5.97 Å². The van der Waals surface area contributed by atoms with Crippen molar-refractivity contribution in [2.24, 2.45) is 0 Å². The van der Waals surface area contributed by atoms with Crippen LogP contribution in [0.15, 0.2) is 60.7 Å². The maximum Gasteiger partial charge on any atom is 0.328 e. The van der Waals surface area contributed by atoms with Crippen LogP contribution in [-0.2, 0) is 25.5 Å². The standard InChI is InChI=1S/C25H28N2O5/c1-32-25(31)21-13-8-16-27(21)23(29)15-14-22(28)20(17-18-9-4-2-5-10-18)26-24(30)19-11-6-3-7-12-19/h2-7,9-12,20-21H,8,13-17H2,1H3,(H,26,30)/t20?,21-/m0/s1. The zero-order valence-corrected chi connectivity index (χ0v) is 18.2. The number of hydrogen-bond donors (Lipinski definition) is 1. The van der Waals surface area contributed by atoms with Gasteiger partial charge in [0, 0.05) is 24.9 Å². The van der Waals surface area contributed by atoms with Crippen LogP contribution in [0.2, 0.25) is 0 Å². The second-order valence-electron chi connectivity index (χ2n) is 7.82. The van der Waals surface area contributed by atoms with Crippen LogP contribution in [0.25, 0.3) is 0 Å². The lowest BCUT2D eigenvalue weighted by molar-refractivity contribution is -0.151. The van der Waals surface area contributed by atoms with Crippen LogP contribution < -0.4 is 5.32 Å². The first-order valence-electron chi connectivity index (χ1n) is 10.8. The summed E-state index contributed by atoms with van der Waals surface area (Å²) in [6, 6.07) is 16.8. The molecule has 3 rings (SSSR count). The molecule has 1 unspecified atom stereocenters. The van der Waals surface area contributed by atoms with E-state index in [1.165, 1.54) is 12.0 Å². The number of ether oxygens (including phenoxy) is 1. The molecule has 7 heteroatoms. The molecule has 0 saturated carbocycles. The maximum absolute atomic E-state index is 13.0. The van der Waals surface area contributed by atoms with Gasteiger partial charge in [0.1, 0.15) is 6.04 Å². The summed E-state index contributed by atoms with van der Waals surface area (Å²) in [5.74, 6) is -1.24. The molecule has 1 saturated heterocycles. The number of carbonyl (C=O) groups is 4. The molecule has 0 radical (unpaired) electrons. The molecule has 7 nitrogen and oxygen atoms in total. The average molecular weight is 437 g/mol. The highest BCUT2D eigenvalue weighted by molar-refractivity contribution is 5.98. The zero-order chi connectivity index (χ0) is 22.9. The smallest absolute Gasteiger partial charge is 0.328 e. The molecule has 2 aromatic rings. The van der Waals surface area contributed by atoms with Gasteiger partial charge in [-0.3, -0.25) is 14.4 Å². The first-order chi connectivity index (χ1) is 15.5.